The molecule has 2 aromatic carbocycles. The molecule has 0 bridgehead atoms. The summed E-state index contributed by atoms with van der Waals surface area (Å²) in [5.41, 5.74) is 2.26. The molecule has 0 N–H and O–H groups in total. The number of benzene rings is 2. The Morgan fingerprint density at radius 1 is 1.00 bits per heavy atom. The van der Waals surface area contributed by atoms with Crippen molar-refractivity contribution in [3.63, 3.8) is 0 Å². The summed E-state index contributed by atoms with van der Waals surface area (Å²) in [6.07, 6.45) is 2.30. The predicted octanol–water partition coefficient (Wildman–Crippen LogP) is 4.36. The van der Waals surface area contributed by atoms with E-state index in [9.17, 15) is 0 Å². The third-order valence-electron chi connectivity index (χ3n) is 6.19. The van der Waals surface area contributed by atoms with E-state index >= 15 is 0 Å². The third kappa shape index (κ3) is 4.71. The normalized spacial score (nSPS) is 18.5. The van der Waals surface area contributed by atoms with Crippen molar-refractivity contribution in [2.75, 3.05) is 38.2 Å². The average molecular weight is 465 g/mol. The van der Waals surface area contributed by atoms with Crippen LogP contribution in [0.15, 0.2) is 48.5 Å². The molecule has 2 aliphatic heterocycles. The second kappa shape index (κ2) is 9.98. The first-order valence-corrected chi connectivity index (χ1v) is 10.4. The molecule has 6 nitrogen and oxygen atoms in total. The number of likely N-dealkylation sites (N-methyl/N-ethyl adjacent to an activating group) is 1. The summed E-state index contributed by atoms with van der Waals surface area (Å²) >= 11 is 0. The van der Waals surface area contributed by atoms with Crippen molar-refractivity contribution in [3.05, 3.63) is 48.5 Å². The summed E-state index contributed by atoms with van der Waals surface area (Å²) < 4.78 is 14.2. The molecule has 3 heterocycles. The number of aromatic nitrogens is 2. The van der Waals surface area contributed by atoms with E-state index in [0.29, 0.717) is 12.5 Å². The highest BCUT2D eigenvalue weighted by molar-refractivity contribution is 5.85. The molecule has 2 aliphatic rings. The lowest BCUT2D eigenvalue weighted by atomic mass is 9.96. The summed E-state index contributed by atoms with van der Waals surface area (Å²) in [6, 6.07) is 16.3. The maximum atomic E-state index is 6.15. The van der Waals surface area contributed by atoms with Crippen LogP contribution in [0.4, 0.5) is 5.95 Å². The van der Waals surface area contributed by atoms with E-state index in [-0.39, 0.29) is 31.0 Å². The van der Waals surface area contributed by atoms with Crippen LogP contribution in [-0.2, 0) is 7.05 Å². The summed E-state index contributed by atoms with van der Waals surface area (Å²) in [4.78, 5) is 9.58. The van der Waals surface area contributed by atoms with Crippen LogP contribution >= 0.6 is 24.8 Å². The highest BCUT2D eigenvalue weighted by atomic mass is 35.5. The first-order valence-electron chi connectivity index (χ1n) is 10.4. The van der Waals surface area contributed by atoms with E-state index in [4.69, 9.17) is 14.5 Å². The number of ether oxygens (including phenoxy) is 2. The predicted molar refractivity (Wildman–Crippen MR) is 129 cm³/mol. The van der Waals surface area contributed by atoms with Crippen molar-refractivity contribution < 1.29 is 9.47 Å². The zero-order chi connectivity index (χ0) is 19.8. The van der Waals surface area contributed by atoms with Crippen LogP contribution in [0.5, 0.6) is 11.5 Å². The molecule has 0 radical (unpaired) electrons. The maximum Gasteiger partial charge on any atom is 0.206 e. The number of para-hydroxylation sites is 4. The molecule has 1 aromatic heterocycles. The minimum absolute atomic E-state index is 0. The second-order valence-electron chi connectivity index (χ2n) is 8.16. The summed E-state index contributed by atoms with van der Waals surface area (Å²) in [5, 5.41) is 0. The SMILES string of the molecule is CN(CC1CCN(c2nc3ccccc3n2C)CC1)C1COc2ccccc2O1.Cl.Cl. The number of imidazole rings is 1. The van der Waals surface area contributed by atoms with Crippen LogP contribution in [-0.4, -0.2) is 54.0 Å². The monoisotopic (exact) mass is 464 g/mol. The molecule has 31 heavy (non-hydrogen) atoms. The van der Waals surface area contributed by atoms with E-state index in [1.807, 2.05) is 24.3 Å². The highest BCUT2D eigenvalue weighted by Crippen LogP contribution is 2.32. The van der Waals surface area contributed by atoms with Crippen LogP contribution in [0.2, 0.25) is 0 Å². The van der Waals surface area contributed by atoms with Gasteiger partial charge in [-0.15, -0.1) is 24.8 Å². The van der Waals surface area contributed by atoms with Crippen LogP contribution in [0, 0.1) is 5.92 Å². The number of anilines is 1. The zero-order valence-corrected chi connectivity index (χ0v) is 19.6. The van der Waals surface area contributed by atoms with Crippen molar-refractivity contribution >= 4 is 41.8 Å². The Bertz CT molecular complexity index is 1000. The van der Waals surface area contributed by atoms with Gasteiger partial charge in [-0.05, 0) is 50.1 Å². The molecule has 0 amide bonds. The topological polar surface area (TPSA) is 42.8 Å². The number of fused-ring (bicyclic) bond motifs is 2. The summed E-state index contributed by atoms with van der Waals surface area (Å²) in [5.74, 6) is 3.42. The molecule has 1 fully saturated rings. The number of hydrogen-bond acceptors (Lipinski definition) is 5. The fourth-order valence-corrected chi connectivity index (χ4v) is 4.48. The van der Waals surface area contributed by atoms with Gasteiger partial charge in [-0.1, -0.05) is 24.3 Å². The van der Waals surface area contributed by atoms with Crippen LogP contribution < -0.4 is 14.4 Å². The average Bonchev–Trinajstić information content (AvgIpc) is 3.10. The van der Waals surface area contributed by atoms with Gasteiger partial charge in [0.25, 0.3) is 0 Å². The lowest BCUT2D eigenvalue weighted by molar-refractivity contribution is -0.0233. The quantitative estimate of drug-likeness (QED) is 0.573. The number of aryl methyl sites for hydroxylation is 1. The molecule has 0 aliphatic carbocycles. The molecule has 8 heteroatoms. The van der Waals surface area contributed by atoms with E-state index in [1.165, 1.54) is 5.52 Å². The van der Waals surface area contributed by atoms with Gasteiger partial charge in [0.15, 0.2) is 17.7 Å². The minimum Gasteiger partial charge on any atom is -0.484 e. The molecule has 1 saturated heterocycles. The molecule has 0 spiro atoms. The Kier molecular flexibility index (Phi) is 7.57. The lowest BCUT2D eigenvalue weighted by Crippen LogP contribution is -2.47. The van der Waals surface area contributed by atoms with Gasteiger partial charge >= 0.3 is 0 Å². The van der Waals surface area contributed by atoms with E-state index in [2.05, 4.69) is 52.7 Å². The van der Waals surface area contributed by atoms with Gasteiger partial charge in [-0.2, -0.15) is 0 Å². The van der Waals surface area contributed by atoms with E-state index in [1.54, 1.807) is 0 Å². The van der Waals surface area contributed by atoms with Crippen molar-refractivity contribution in [1.82, 2.24) is 14.5 Å². The number of halogens is 2. The maximum absolute atomic E-state index is 6.15. The largest absolute Gasteiger partial charge is 0.484 e. The van der Waals surface area contributed by atoms with Crippen LogP contribution in [0.3, 0.4) is 0 Å². The Balaban J connectivity index is 0.00000136. The van der Waals surface area contributed by atoms with Gasteiger partial charge in [-0.3, -0.25) is 4.90 Å². The summed E-state index contributed by atoms with van der Waals surface area (Å²) in [6.45, 7) is 3.68. The molecule has 0 saturated carbocycles. The first kappa shape index (κ1) is 23.5. The van der Waals surface area contributed by atoms with Crippen molar-refractivity contribution in [3.8, 4) is 11.5 Å². The second-order valence-corrected chi connectivity index (χ2v) is 8.16. The van der Waals surface area contributed by atoms with Gasteiger partial charge in [0.05, 0.1) is 11.0 Å². The molecular weight excluding hydrogens is 435 g/mol. The first-order chi connectivity index (χ1) is 14.2. The van der Waals surface area contributed by atoms with Gasteiger partial charge in [0, 0.05) is 26.7 Å². The third-order valence-corrected chi connectivity index (χ3v) is 6.19. The van der Waals surface area contributed by atoms with Gasteiger partial charge in [-0.25, -0.2) is 4.98 Å². The molecule has 1 atom stereocenters. The van der Waals surface area contributed by atoms with Crippen molar-refractivity contribution in [1.29, 1.82) is 0 Å². The molecule has 3 aromatic rings. The molecule has 1 unspecified atom stereocenters. The van der Waals surface area contributed by atoms with Crippen LogP contribution in [0.1, 0.15) is 12.8 Å². The highest BCUT2D eigenvalue weighted by Gasteiger charge is 2.28. The molecular formula is C23H30Cl2N4O2. The Hall–Kier alpha value is -2.15. The van der Waals surface area contributed by atoms with E-state index < -0.39 is 0 Å². The Morgan fingerprint density at radius 3 is 2.42 bits per heavy atom. The minimum atomic E-state index is -0.0252. The Morgan fingerprint density at radius 2 is 1.68 bits per heavy atom. The van der Waals surface area contributed by atoms with Gasteiger partial charge in [0.1, 0.15) is 6.61 Å². The fourth-order valence-electron chi connectivity index (χ4n) is 4.48. The standard InChI is InChI=1S/C23H28N4O2.2ClH/c1-25(22-16-28-20-9-5-6-10-21(20)29-22)15-17-11-13-27(14-12-17)23-24-18-7-3-4-8-19(18)26(23)2;;/h3-10,17,22H,11-16H2,1-2H3;2*1H. The van der Waals surface area contributed by atoms with Crippen molar-refractivity contribution in [2.24, 2.45) is 13.0 Å². The zero-order valence-electron chi connectivity index (χ0n) is 17.9. The van der Waals surface area contributed by atoms with Crippen molar-refractivity contribution in [2.45, 2.75) is 19.1 Å². The van der Waals surface area contributed by atoms with Gasteiger partial charge in [0.2, 0.25) is 5.95 Å². The van der Waals surface area contributed by atoms with E-state index in [0.717, 1.165) is 55.4 Å². The number of rotatable bonds is 4. The number of piperidine rings is 1. The van der Waals surface area contributed by atoms with Crippen LogP contribution in [0.25, 0.3) is 11.0 Å². The number of hydrogen-bond donors (Lipinski definition) is 0. The molecule has 5 rings (SSSR count). The Labute approximate surface area is 195 Å². The smallest absolute Gasteiger partial charge is 0.206 e. The lowest BCUT2D eigenvalue weighted by Gasteiger charge is -2.37. The molecule has 168 valence electrons. The summed E-state index contributed by atoms with van der Waals surface area (Å²) in [7, 11) is 4.25. The fraction of sp³-hybridized carbons (Fsp3) is 0.435. The number of nitrogens with zero attached hydrogens (tertiary/aromatic N) is 4. The van der Waals surface area contributed by atoms with Gasteiger partial charge < -0.3 is 18.9 Å².